The number of ether oxygens (including phenoxy) is 1. The van der Waals surface area contributed by atoms with Crippen LogP contribution in [0.2, 0.25) is 0 Å². The van der Waals surface area contributed by atoms with Crippen LogP contribution in [-0.2, 0) is 4.74 Å². The molecule has 13 heavy (non-hydrogen) atoms. The summed E-state index contributed by atoms with van der Waals surface area (Å²) < 4.78 is 5.06. The molecular formula is C9H12N2O2. The van der Waals surface area contributed by atoms with Gasteiger partial charge in [0.15, 0.2) is 5.78 Å². The van der Waals surface area contributed by atoms with Crippen LogP contribution < -0.4 is 0 Å². The van der Waals surface area contributed by atoms with E-state index in [0.29, 0.717) is 25.3 Å². The summed E-state index contributed by atoms with van der Waals surface area (Å²) in [5.74, 6) is -0.0263. The average Bonchev–Trinajstić information content (AvgIpc) is 2.19. The maximum atomic E-state index is 11.3. The van der Waals surface area contributed by atoms with Crippen molar-refractivity contribution in [3.8, 4) is 0 Å². The van der Waals surface area contributed by atoms with E-state index >= 15 is 0 Å². The van der Waals surface area contributed by atoms with Gasteiger partial charge in [-0.05, 0) is 6.92 Å². The quantitative estimate of drug-likeness (QED) is 0.502. The van der Waals surface area contributed by atoms with Crippen molar-refractivity contribution in [2.45, 2.75) is 13.3 Å². The van der Waals surface area contributed by atoms with Crippen molar-refractivity contribution in [3.05, 3.63) is 24.3 Å². The van der Waals surface area contributed by atoms with Crippen molar-refractivity contribution in [3.63, 3.8) is 0 Å². The fourth-order valence-corrected chi connectivity index (χ4v) is 0.880. The Kier molecular flexibility index (Phi) is 4.05. The fourth-order valence-electron chi connectivity index (χ4n) is 0.880. The van der Waals surface area contributed by atoms with Crippen molar-refractivity contribution >= 4 is 5.78 Å². The van der Waals surface area contributed by atoms with Gasteiger partial charge in [0.2, 0.25) is 0 Å². The van der Waals surface area contributed by atoms with Gasteiger partial charge in [-0.1, -0.05) is 0 Å². The molecule has 0 aliphatic rings. The minimum absolute atomic E-state index is 0.0263. The minimum Gasteiger partial charge on any atom is -0.381 e. The number of hydrogen-bond donors (Lipinski definition) is 0. The van der Waals surface area contributed by atoms with Crippen LogP contribution in [0.1, 0.15) is 23.8 Å². The third-order valence-corrected chi connectivity index (χ3v) is 1.53. The zero-order valence-electron chi connectivity index (χ0n) is 7.56. The third kappa shape index (κ3) is 3.29. The van der Waals surface area contributed by atoms with Gasteiger partial charge in [0.25, 0.3) is 0 Å². The molecule has 0 radical (unpaired) electrons. The second-order valence-electron chi connectivity index (χ2n) is 2.46. The number of nitrogens with zero attached hydrogens (tertiary/aromatic N) is 2. The number of hydrogen-bond acceptors (Lipinski definition) is 4. The van der Waals surface area contributed by atoms with Gasteiger partial charge in [-0.25, -0.2) is 4.98 Å². The van der Waals surface area contributed by atoms with Crippen LogP contribution in [0.4, 0.5) is 0 Å². The topological polar surface area (TPSA) is 52.1 Å². The minimum atomic E-state index is -0.0263. The maximum Gasteiger partial charge on any atom is 0.185 e. The first-order valence-corrected chi connectivity index (χ1v) is 4.21. The van der Waals surface area contributed by atoms with Gasteiger partial charge >= 0.3 is 0 Å². The summed E-state index contributed by atoms with van der Waals surface area (Å²) in [6.07, 6.45) is 4.88. The molecule has 4 nitrogen and oxygen atoms in total. The Morgan fingerprint density at radius 2 is 2.38 bits per heavy atom. The summed E-state index contributed by atoms with van der Waals surface area (Å²) >= 11 is 0. The first-order chi connectivity index (χ1) is 6.34. The van der Waals surface area contributed by atoms with Crippen molar-refractivity contribution in [1.82, 2.24) is 9.97 Å². The normalized spacial score (nSPS) is 9.92. The van der Waals surface area contributed by atoms with Crippen molar-refractivity contribution in [1.29, 1.82) is 0 Å². The molecule has 0 unspecified atom stereocenters. The molecule has 0 aromatic carbocycles. The molecule has 0 saturated heterocycles. The molecule has 0 fully saturated rings. The second kappa shape index (κ2) is 5.37. The zero-order chi connectivity index (χ0) is 9.52. The second-order valence-corrected chi connectivity index (χ2v) is 2.46. The third-order valence-electron chi connectivity index (χ3n) is 1.53. The first-order valence-electron chi connectivity index (χ1n) is 4.21. The molecular weight excluding hydrogens is 168 g/mol. The van der Waals surface area contributed by atoms with Gasteiger partial charge in [-0.15, -0.1) is 0 Å². The highest BCUT2D eigenvalue weighted by Crippen LogP contribution is 1.96. The van der Waals surface area contributed by atoms with E-state index in [2.05, 4.69) is 9.97 Å². The van der Waals surface area contributed by atoms with Crippen molar-refractivity contribution in [2.24, 2.45) is 0 Å². The van der Waals surface area contributed by atoms with Crippen LogP contribution in [0, 0.1) is 0 Å². The molecule has 0 aliphatic carbocycles. The van der Waals surface area contributed by atoms with E-state index in [4.69, 9.17) is 4.74 Å². The van der Waals surface area contributed by atoms with Gasteiger partial charge in [-0.2, -0.15) is 0 Å². The molecule has 0 bridgehead atoms. The van der Waals surface area contributed by atoms with E-state index in [0.717, 1.165) is 0 Å². The maximum absolute atomic E-state index is 11.3. The Labute approximate surface area is 77.0 Å². The molecule has 0 N–H and O–H groups in total. The van der Waals surface area contributed by atoms with Gasteiger partial charge in [0.05, 0.1) is 12.8 Å². The van der Waals surface area contributed by atoms with Gasteiger partial charge < -0.3 is 4.74 Å². The highest BCUT2D eigenvalue weighted by Gasteiger charge is 2.05. The summed E-state index contributed by atoms with van der Waals surface area (Å²) in [7, 11) is 0. The lowest BCUT2D eigenvalue weighted by molar-refractivity contribution is 0.0891. The number of aromatic nitrogens is 2. The lowest BCUT2D eigenvalue weighted by atomic mass is 10.2. The van der Waals surface area contributed by atoms with Crippen LogP contribution in [0.3, 0.4) is 0 Å². The summed E-state index contributed by atoms with van der Waals surface area (Å²) in [5, 5.41) is 0. The number of Topliss-reactive ketones (excluding diaryl/α,β-unsaturated/α-hetero) is 1. The molecule has 4 heteroatoms. The van der Waals surface area contributed by atoms with E-state index in [1.54, 1.807) is 6.20 Å². The van der Waals surface area contributed by atoms with Gasteiger partial charge in [0.1, 0.15) is 5.69 Å². The van der Waals surface area contributed by atoms with E-state index < -0.39 is 0 Å². The lowest BCUT2D eigenvalue weighted by Crippen LogP contribution is -2.06. The molecule has 1 aromatic rings. The molecule has 0 saturated carbocycles. The number of rotatable bonds is 5. The molecule has 0 amide bonds. The highest BCUT2D eigenvalue weighted by atomic mass is 16.5. The Hall–Kier alpha value is -1.29. The van der Waals surface area contributed by atoms with Crippen LogP contribution in [0.5, 0.6) is 0 Å². The van der Waals surface area contributed by atoms with Crippen LogP contribution >= 0.6 is 0 Å². The van der Waals surface area contributed by atoms with Crippen LogP contribution in [0.15, 0.2) is 18.6 Å². The molecule has 70 valence electrons. The molecule has 0 aliphatic heterocycles. The molecule has 1 rings (SSSR count). The summed E-state index contributed by atoms with van der Waals surface area (Å²) in [4.78, 5) is 19.0. The smallest absolute Gasteiger partial charge is 0.185 e. The van der Waals surface area contributed by atoms with Gasteiger partial charge in [-0.3, -0.25) is 9.78 Å². The van der Waals surface area contributed by atoms with Crippen LogP contribution in [-0.4, -0.2) is 29.0 Å². The molecule has 0 spiro atoms. The standard InChI is InChI=1S/C9H12N2O2/c1-2-13-6-3-9(12)8-7-10-4-5-11-8/h4-5,7H,2-3,6H2,1H3. The Bertz CT molecular complexity index is 262. The molecule has 0 atom stereocenters. The van der Waals surface area contributed by atoms with E-state index in [-0.39, 0.29) is 5.78 Å². The predicted molar refractivity (Wildman–Crippen MR) is 47.5 cm³/mol. The summed E-state index contributed by atoms with van der Waals surface area (Å²) in [6, 6.07) is 0. The van der Waals surface area contributed by atoms with E-state index in [9.17, 15) is 4.79 Å². The Morgan fingerprint density at radius 3 is 3.00 bits per heavy atom. The number of carbonyl (C=O) groups is 1. The number of carbonyl (C=O) groups excluding carboxylic acids is 1. The fraction of sp³-hybridized carbons (Fsp3) is 0.444. The Balaban J connectivity index is 2.40. The molecule has 1 aromatic heterocycles. The zero-order valence-corrected chi connectivity index (χ0v) is 7.56. The average molecular weight is 180 g/mol. The molecule has 1 heterocycles. The first kappa shape index (κ1) is 9.80. The van der Waals surface area contributed by atoms with Crippen molar-refractivity contribution in [2.75, 3.05) is 13.2 Å². The summed E-state index contributed by atoms with van der Waals surface area (Å²) in [6.45, 7) is 2.98. The van der Waals surface area contributed by atoms with E-state index in [1.165, 1.54) is 12.4 Å². The highest BCUT2D eigenvalue weighted by molar-refractivity contribution is 5.93. The predicted octanol–water partition coefficient (Wildman–Crippen LogP) is 1.09. The Morgan fingerprint density at radius 1 is 1.54 bits per heavy atom. The monoisotopic (exact) mass is 180 g/mol. The van der Waals surface area contributed by atoms with E-state index in [1.807, 2.05) is 6.92 Å². The SMILES string of the molecule is CCOCCC(=O)c1cnccn1. The summed E-state index contributed by atoms with van der Waals surface area (Å²) in [5.41, 5.74) is 0.405. The number of ketones is 1. The largest absolute Gasteiger partial charge is 0.381 e. The van der Waals surface area contributed by atoms with Crippen LogP contribution in [0.25, 0.3) is 0 Å². The lowest BCUT2D eigenvalue weighted by Gasteiger charge is -1.99. The van der Waals surface area contributed by atoms with Gasteiger partial charge in [0, 0.05) is 25.4 Å². The van der Waals surface area contributed by atoms with Crippen molar-refractivity contribution < 1.29 is 9.53 Å².